The van der Waals surface area contributed by atoms with Gasteiger partial charge < -0.3 is 0 Å². The first-order chi connectivity index (χ1) is 9.85. The van der Waals surface area contributed by atoms with E-state index in [1.807, 2.05) is 24.3 Å². The molecule has 2 rings (SSSR count). The minimum Gasteiger partial charge on any atom is -0.207 e. The second-order valence-electron chi connectivity index (χ2n) is 6.76. The van der Waals surface area contributed by atoms with Crippen molar-refractivity contribution in [1.29, 1.82) is 0 Å². The third-order valence-electron chi connectivity index (χ3n) is 3.73. The van der Waals surface area contributed by atoms with Crippen LogP contribution in [-0.4, -0.2) is 0 Å². The Morgan fingerprint density at radius 2 is 1.38 bits per heavy atom. The van der Waals surface area contributed by atoms with Crippen LogP contribution in [0.1, 0.15) is 50.7 Å². The molecule has 0 saturated heterocycles. The van der Waals surface area contributed by atoms with Crippen LogP contribution in [0.2, 0.25) is 5.02 Å². The van der Waals surface area contributed by atoms with Crippen LogP contribution in [0.3, 0.4) is 0 Å². The highest BCUT2D eigenvalue weighted by Gasteiger charge is 2.18. The van der Waals surface area contributed by atoms with Gasteiger partial charge >= 0.3 is 0 Å². The fourth-order valence-electron chi connectivity index (χ4n) is 2.49. The Morgan fingerprint density at radius 3 is 1.86 bits per heavy atom. The van der Waals surface area contributed by atoms with E-state index in [2.05, 4.69) is 32.9 Å². The summed E-state index contributed by atoms with van der Waals surface area (Å²) in [6, 6.07) is 14.8. The van der Waals surface area contributed by atoms with Gasteiger partial charge in [0.15, 0.2) is 0 Å². The van der Waals surface area contributed by atoms with Crippen LogP contribution < -0.4 is 0 Å². The van der Waals surface area contributed by atoms with Crippen molar-refractivity contribution in [3.8, 4) is 0 Å². The van der Waals surface area contributed by atoms with Crippen molar-refractivity contribution in [2.45, 2.75) is 39.5 Å². The van der Waals surface area contributed by atoms with Gasteiger partial charge in [0.25, 0.3) is 0 Å². The molecule has 0 aliphatic rings. The molecule has 2 aromatic rings. The van der Waals surface area contributed by atoms with E-state index in [0.29, 0.717) is 0 Å². The first-order valence-corrected chi connectivity index (χ1v) is 7.74. The van der Waals surface area contributed by atoms with E-state index in [1.165, 1.54) is 17.7 Å². The van der Waals surface area contributed by atoms with Crippen molar-refractivity contribution >= 4 is 11.6 Å². The highest BCUT2D eigenvalue weighted by atomic mass is 35.5. The van der Waals surface area contributed by atoms with Gasteiger partial charge in [-0.05, 0) is 53.6 Å². The van der Waals surface area contributed by atoms with Crippen molar-refractivity contribution < 1.29 is 4.39 Å². The summed E-state index contributed by atoms with van der Waals surface area (Å²) in [5.41, 5.74) is 2.67. The molecule has 0 heterocycles. The molecule has 0 aliphatic carbocycles. The van der Waals surface area contributed by atoms with E-state index < -0.39 is 0 Å². The molecule has 1 atom stereocenters. The fraction of sp³-hybridized carbons (Fsp3) is 0.368. The second-order valence-corrected chi connectivity index (χ2v) is 7.19. The molecule has 0 N–H and O–H groups in total. The molecule has 112 valence electrons. The molecule has 0 aromatic heterocycles. The predicted octanol–water partition coefficient (Wildman–Crippen LogP) is 6.44. The quantitative estimate of drug-likeness (QED) is 0.610. The van der Waals surface area contributed by atoms with Crippen LogP contribution in [-0.2, 0) is 0 Å². The van der Waals surface area contributed by atoms with Gasteiger partial charge in [0, 0.05) is 10.9 Å². The van der Waals surface area contributed by atoms with E-state index in [4.69, 9.17) is 11.6 Å². The van der Waals surface area contributed by atoms with Crippen LogP contribution in [0.5, 0.6) is 0 Å². The SMILES string of the molecule is CC(C)(C)CCC(c1ccc(F)cc1)c1ccc(Cl)cc1. The average Bonchev–Trinajstić information content (AvgIpc) is 2.41. The molecule has 0 bridgehead atoms. The van der Waals surface area contributed by atoms with Gasteiger partial charge in [0.1, 0.15) is 5.82 Å². The van der Waals surface area contributed by atoms with Crippen molar-refractivity contribution in [3.63, 3.8) is 0 Å². The normalized spacial score (nSPS) is 13.2. The maximum atomic E-state index is 13.2. The standard InChI is InChI=1S/C19H22ClF/c1-19(2,3)13-12-18(14-4-8-16(20)9-5-14)15-6-10-17(21)11-7-15/h4-11,18H,12-13H2,1-3H3. The maximum absolute atomic E-state index is 13.2. The molecule has 0 saturated carbocycles. The molecule has 0 radical (unpaired) electrons. The molecular formula is C19H22ClF. The monoisotopic (exact) mass is 304 g/mol. The Morgan fingerprint density at radius 1 is 0.905 bits per heavy atom. The Labute approximate surface area is 132 Å². The van der Waals surface area contributed by atoms with E-state index in [9.17, 15) is 4.39 Å². The van der Waals surface area contributed by atoms with E-state index in [-0.39, 0.29) is 17.2 Å². The van der Waals surface area contributed by atoms with Crippen molar-refractivity contribution in [2.75, 3.05) is 0 Å². The zero-order valence-corrected chi connectivity index (χ0v) is 13.6. The molecule has 1 unspecified atom stereocenters. The lowest BCUT2D eigenvalue weighted by Crippen LogP contribution is -2.09. The van der Waals surface area contributed by atoms with Crippen LogP contribution in [0.4, 0.5) is 4.39 Å². The number of hydrogen-bond donors (Lipinski definition) is 0. The molecule has 0 spiro atoms. The highest BCUT2D eigenvalue weighted by Crippen LogP contribution is 2.34. The molecule has 2 heteroatoms. The largest absolute Gasteiger partial charge is 0.207 e. The molecule has 0 amide bonds. The number of benzene rings is 2. The lowest BCUT2D eigenvalue weighted by molar-refractivity contribution is 0.356. The minimum atomic E-state index is -0.190. The summed E-state index contributed by atoms with van der Waals surface area (Å²) in [7, 11) is 0. The Balaban J connectivity index is 2.29. The smallest absolute Gasteiger partial charge is 0.123 e. The zero-order valence-electron chi connectivity index (χ0n) is 12.9. The topological polar surface area (TPSA) is 0 Å². The predicted molar refractivity (Wildman–Crippen MR) is 88.4 cm³/mol. The molecular weight excluding hydrogens is 283 g/mol. The van der Waals surface area contributed by atoms with E-state index in [0.717, 1.165) is 23.4 Å². The molecule has 0 fully saturated rings. The third-order valence-corrected chi connectivity index (χ3v) is 3.98. The fourth-order valence-corrected chi connectivity index (χ4v) is 2.62. The maximum Gasteiger partial charge on any atom is 0.123 e. The van der Waals surface area contributed by atoms with Gasteiger partial charge in [-0.1, -0.05) is 56.6 Å². The van der Waals surface area contributed by atoms with Crippen molar-refractivity contribution in [3.05, 3.63) is 70.5 Å². The summed E-state index contributed by atoms with van der Waals surface area (Å²) in [5.74, 6) is 0.0894. The first kappa shape index (κ1) is 16.0. The van der Waals surface area contributed by atoms with E-state index in [1.54, 1.807) is 0 Å². The summed E-state index contributed by atoms with van der Waals surface area (Å²) in [6.45, 7) is 6.74. The van der Waals surface area contributed by atoms with Crippen LogP contribution in [0, 0.1) is 11.2 Å². The van der Waals surface area contributed by atoms with Gasteiger partial charge in [-0.2, -0.15) is 0 Å². The van der Waals surface area contributed by atoms with Gasteiger partial charge in [0.05, 0.1) is 0 Å². The lowest BCUT2D eigenvalue weighted by Gasteiger charge is -2.24. The summed E-state index contributed by atoms with van der Waals surface area (Å²) in [4.78, 5) is 0. The Kier molecular flexibility index (Phi) is 5.05. The summed E-state index contributed by atoms with van der Waals surface area (Å²) in [6.07, 6.45) is 2.15. The summed E-state index contributed by atoms with van der Waals surface area (Å²) in [5, 5.41) is 0.743. The van der Waals surface area contributed by atoms with Gasteiger partial charge in [-0.25, -0.2) is 4.39 Å². The third kappa shape index (κ3) is 4.86. The zero-order chi connectivity index (χ0) is 15.5. The second kappa shape index (κ2) is 6.62. The highest BCUT2D eigenvalue weighted by molar-refractivity contribution is 6.30. The van der Waals surface area contributed by atoms with Crippen LogP contribution >= 0.6 is 11.6 Å². The molecule has 0 nitrogen and oxygen atoms in total. The Hall–Kier alpha value is -1.34. The van der Waals surface area contributed by atoms with Crippen LogP contribution in [0.15, 0.2) is 48.5 Å². The number of rotatable bonds is 4. The van der Waals surface area contributed by atoms with Gasteiger partial charge in [-0.15, -0.1) is 0 Å². The summed E-state index contributed by atoms with van der Waals surface area (Å²) < 4.78 is 13.2. The first-order valence-electron chi connectivity index (χ1n) is 7.36. The summed E-state index contributed by atoms with van der Waals surface area (Å²) >= 11 is 5.98. The number of halogens is 2. The minimum absolute atomic E-state index is 0.190. The lowest BCUT2D eigenvalue weighted by atomic mass is 9.81. The average molecular weight is 305 g/mol. The van der Waals surface area contributed by atoms with Crippen molar-refractivity contribution in [2.24, 2.45) is 5.41 Å². The van der Waals surface area contributed by atoms with Gasteiger partial charge in [-0.3, -0.25) is 0 Å². The van der Waals surface area contributed by atoms with E-state index >= 15 is 0 Å². The molecule has 21 heavy (non-hydrogen) atoms. The van der Waals surface area contributed by atoms with Crippen molar-refractivity contribution in [1.82, 2.24) is 0 Å². The number of hydrogen-bond acceptors (Lipinski definition) is 0. The van der Waals surface area contributed by atoms with Crippen LogP contribution in [0.25, 0.3) is 0 Å². The Bertz CT molecular complexity index is 519. The molecule has 2 aromatic carbocycles. The van der Waals surface area contributed by atoms with Gasteiger partial charge in [0.2, 0.25) is 0 Å². The molecule has 0 aliphatic heterocycles.